The van der Waals surface area contributed by atoms with Crippen LogP contribution in [0.3, 0.4) is 0 Å². The minimum Gasteiger partial charge on any atom is -0.370 e. The number of carbonyl (C=O) groups excluding carboxylic acids is 1. The first-order valence-corrected chi connectivity index (χ1v) is 9.24. The van der Waals surface area contributed by atoms with E-state index in [1.807, 2.05) is 48.2 Å². The quantitative estimate of drug-likeness (QED) is 0.756. The van der Waals surface area contributed by atoms with Crippen molar-refractivity contribution >= 4 is 17.4 Å². The Morgan fingerprint density at radius 3 is 2.70 bits per heavy atom. The lowest BCUT2D eigenvalue weighted by Gasteiger charge is -2.17. The van der Waals surface area contributed by atoms with Crippen LogP contribution in [0.1, 0.15) is 27.4 Å². The van der Waals surface area contributed by atoms with Gasteiger partial charge in [0, 0.05) is 24.8 Å². The van der Waals surface area contributed by atoms with Crippen molar-refractivity contribution in [3.05, 3.63) is 83.3 Å². The minimum absolute atomic E-state index is 0.0726. The van der Waals surface area contributed by atoms with Crippen LogP contribution < -0.4 is 10.2 Å². The highest BCUT2D eigenvalue weighted by Gasteiger charge is 2.26. The smallest absolute Gasteiger partial charge is 0.277 e. The maximum Gasteiger partial charge on any atom is 0.277 e. The number of aryl methyl sites for hydroxylation is 1. The highest BCUT2D eigenvalue weighted by Crippen LogP contribution is 2.28. The molecule has 4 rings (SSSR count). The molecule has 5 heteroatoms. The fourth-order valence-electron chi connectivity index (χ4n) is 3.43. The van der Waals surface area contributed by atoms with Gasteiger partial charge in [-0.15, -0.1) is 0 Å². The molecule has 136 valence electrons. The van der Waals surface area contributed by atoms with Crippen molar-refractivity contribution in [1.29, 1.82) is 0 Å². The fourth-order valence-corrected chi connectivity index (χ4v) is 3.43. The van der Waals surface area contributed by atoms with E-state index in [2.05, 4.69) is 33.5 Å². The third kappa shape index (κ3) is 3.82. The summed E-state index contributed by atoms with van der Waals surface area (Å²) in [7, 11) is 0. The number of nitrogens with one attached hydrogen (secondary N) is 1. The third-order valence-corrected chi connectivity index (χ3v) is 4.75. The number of hydrogen-bond donors (Lipinski definition) is 1. The zero-order valence-corrected chi connectivity index (χ0v) is 15.4. The van der Waals surface area contributed by atoms with Crippen molar-refractivity contribution in [2.24, 2.45) is 0 Å². The Bertz CT molecular complexity index is 956. The van der Waals surface area contributed by atoms with Gasteiger partial charge in [-0.25, -0.2) is 9.97 Å². The highest BCUT2D eigenvalue weighted by atomic mass is 16.2. The van der Waals surface area contributed by atoms with E-state index in [-0.39, 0.29) is 5.91 Å². The largest absolute Gasteiger partial charge is 0.370 e. The zero-order chi connectivity index (χ0) is 18.6. The molecule has 1 aliphatic rings. The second-order valence-electron chi connectivity index (χ2n) is 6.68. The van der Waals surface area contributed by atoms with E-state index in [4.69, 9.17) is 0 Å². The molecule has 3 aromatic rings. The van der Waals surface area contributed by atoms with Crippen LogP contribution in [0.5, 0.6) is 0 Å². The number of nitrogens with zero attached hydrogens (tertiary/aromatic N) is 3. The summed E-state index contributed by atoms with van der Waals surface area (Å²) in [6.07, 6.45) is 1.78. The first-order chi connectivity index (χ1) is 13.2. The first kappa shape index (κ1) is 17.2. The van der Waals surface area contributed by atoms with Crippen molar-refractivity contribution in [1.82, 2.24) is 9.97 Å². The summed E-state index contributed by atoms with van der Waals surface area (Å²) in [5.74, 6) is 1.21. The predicted molar refractivity (Wildman–Crippen MR) is 107 cm³/mol. The summed E-state index contributed by atoms with van der Waals surface area (Å²) in [5.41, 5.74) is 3.89. The highest BCUT2D eigenvalue weighted by molar-refractivity contribution is 6.06. The monoisotopic (exact) mass is 358 g/mol. The van der Waals surface area contributed by atoms with Crippen molar-refractivity contribution in [3.8, 4) is 0 Å². The first-order valence-electron chi connectivity index (χ1n) is 9.24. The van der Waals surface area contributed by atoms with E-state index in [1.54, 1.807) is 6.07 Å². The van der Waals surface area contributed by atoms with Crippen LogP contribution in [0.15, 0.2) is 60.7 Å². The molecule has 0 unspecified atom stereocenters. The van der Waals surface area contributed by atoms with Crippen LogP contribution >= 0.6 is 0 Å². The average Bonchev–Trinajstić information content (AvgIpc) is 3.12. The van der Waals surface area contributed by atoms with Crippen molar-refractivity contribution < 1.29 is 4.79 Å². The summed E-state index contributed by atoms with van der Waals surface area (Å²) in [6.45, 7) is 3.26. The van der Waals surface area contributed by atoms with E-state index >= 15 is 0 Å². The van der Waals surface area contributed by atoms with E-state index < -0.39 is 0 Å². The number of benzene rings is 2. The summed E-state index contributed by atoms with van der Waals surface area (Å²) < 4.78 is 0. The molecule has 0 bridgehead atoms. The fraction of sp³-hybridized carbons (Fsp3) is 0.227. The predicted octanol–water partition coefficient (Wildman–Crippen LogP) is 3.64. The van der Waals surface area contributed by atoms with Crippen LogP contribution in [0.2, 0.25) is 0 Å². The van der Waals surface area contributed by atoms with Gasteiger partial charge < -0.3 is 10.2 Å². The molecule has 0 atom stereocenters. The van der Waals surface area contributed by atoms with Gasteiger partial charge >= 0.3 is 0 Å². The maximum atomic E-state index is 13.0. The molecule has 27 heavy (non-hydrogen) atoms. The number of anilines is 2. The van der Waals surface area contributed by atoms with E-state index in [9.17, 15) is 4.79 Å². The molecule has 2 aromatic carbocycles. The molecule has 0 saturated heterocycles. The molecule has 2 heterocycles. The van der Waals surface area contributed by atoms with Crippen molar-refractivity contribution in [2.45, 2.75) is 19.8 Å². The van der Waals surface area contributed by atoms with Crippen LogP contribution in [-0.4, -0.2) is 29.0 Å². The van der Waals surface area contributed by atoms with Crippen molar-refractivity contribution in [3.63, 3.8) is 0 Å². The standard InChI is InChI=1S/C22H22N4O/c1-16-24-19(22(27)26-14-12-18-9-5-6-10-20(18)26)15-21(25-16)23-13-11-17-7-3-2-4-8-17/h2-10,15H,11-14H2,1H3,(H,23,24,25). The number of para-hydroxylation sites is 1. The van der Waals surface area contributed by atoms with Crippen LogP contribution in [0, 0.1) is 6.92 Å². The van der Waals surface area contributed by atoms with Gasteiger partial charge in [-0.3, -0.25) is 4.79 Å². The topological polar surface area (TPSA) is 58.1 Å². The Labute approximate surface area is 159 Å². The van der Waals surface area contributed by atoms with E-state index in [0.717, 1.165) is 25.1 Å². The summed E-state index contributed by atoms with van der Waals surface area (Å²) in [5, 5.41) is 3.32. The number of rotatable bonds is 5. The van der Waals surface area contributed by atoms with Crippen LogP contribution in [-0.2, 0) is 12.8 Å². The third-order valence-electron chi connectivity index (χ3n) is 4.75. The molecule has 5 nitrogen and oxygen atoms in total. The lowest BCUT2D eigenvalue weighted by molar-refractivity contribution is 0.0984. The van der Waals surface area contributed by atoms with E-state index in [0.29, 0.717) is 23.9 Å². The maximum absolute atomic E-state index is 13.0. The van der Waals surface area contributed by atoms with Gasteiger partial charge in [0.25, 0.3) is 5.91 Å². The second kappa shape index (κ2) is 7.58. The summed E-state index contributed by atoms with van der Waals surface area (Å²) >= 11 is 0. The number of aromatic nitrogens is 2. The Kier molecular flexibility index (Phi) is 4.83. The number of carbonyl (C=O) groups is 1. The molecule has 0 aliphatic carbocycles. The minimum atomic E-state index is -0.0726. The Hall–Kier alpha value is -3.21. The van der Waals surface area contributed by atoms with Gasteiger partial charge in [-0.2, -0.15) is 0 Å². The molecule has 1 aromatic heterocycles. The van der Waals surface area contributed by atoms with Gasteiger partial charge in [0.1, 0.15) is 17.3 Å². The molecule has 1 N–H and O–H groups in total. The van der Waals surface area contributed by atoms with Gasteiger partial charge in [0.2, 0.25) is 0 Å². The molecule has 0 fully saturated rings. The Morgan fingerprint density at radius 1 is 1.07 bits per heavy atom. The number of hydrogen-bond acceptors (Lipinski definition) is 4. The van der Waals surface area contributed by atoms with Gasteiger partial charge in [0.15, 0.2) is 0 Å². The number of amides is 1. The number of fused-ring (bicyclic) bond motifs is 1. The normalized spacial score (nSPS) is 12.7. The molecular formula is C22H22N4O. The molecule has 1 aliphatic heterocycles. The van der Waals surface area contributed by atoms with Crippen molar-refractivity contribution in [2.75, 3.05) is 23.3 Å². The van der Waals surface area contributed by atoms with Gasteiger partial charge in [0.05, 0.1) is 0 Å². The van der Waals surface area contributed by atoms with Gasteiger partial charge in [-0.1, -0.05) is 48.5 Å². The zero-order valence-electron chi connectivity index (χ0n) is 15.4. The molecule has 1 amide bonds. The SMILES string of the molecule is Cc1nc(NCCc2ccccc2)cc(C(=O)N2CCc3ccccc32)n1. The molecule has 0 saturated carbocycles. The van der Waals surface area contributed by atoms with Crippen LogP contribution in [0.4, 0.5) is 11.5 Å². The second-order valence-corrected chi connectivity index (χ2v) is 6.68. The molecular weight excluding hydrogens is 336 g/mol. The summed E-state index contributed by atoms with van der Waals surface area (Å²) in [4.78, 5) is 23.6. The lowest BCUT2D eigenvalue weighted by atomic mass is 10.1. The average molecular weight is 358 g/mol. The van der Waals surface area contributed by atoms with E-state index in [1.165, 1.54) is 11.1 Å². The van der Waals surface area contributed by atoms with Crippen LogP contribution in [0.25, 0.3) is 0 Å². The molecule has 0 radical (unpaired) electrons. The Balaban J connectivity index is 1.48. The van der Waals surface area contributed by atoms with Gasteiger partial charge in [-0.05, 0) is 37.0 Å². The summed E-state index contributed by atoms with van der Waals surface area (Å²) in [6, 6.07) is 20.1. The molecule has 0 spiro atoms. The Morgan fingerprint density at radius 2 is 1.85 bits per heavy atom. The lowest BCUT2D eigenvalue weighted by Crippen LogP contribution is -2.30.